The van der Waals surface area contributed by atoms with Gasteiger partial charge < -0.3 is 14.6 Å². The Morgan fingerprint density at radius 2 is 1.76 bits per heavy atom. The van der Waals surface area contributed by atoms with E-state index in [9.17, 15) is 8.42 Å². The zero-order chi connectivity index (χ0) is 15.5. The summed E-state index contributed by atoms with van der Waals surface area (Å²) in [6, 6.07) is 9.47. The summed E-state index contributed by atoms with van der Waals surface area (Å²) in [6.45, 7) is 2.07. The highest BCUT2D eigenvalue weighted by Crippen LogP contribution is 2.23. The van der Waals surface area contributed by atoms with Crippen molar-refractivity contribution in [2.45, 2.75) is 18.1 Å². The van der Waals surface area contributed by atoms with Crippen molar-refractivity contribution in [1.29, 1.82) is 0 Å². The molecular formula is C14H16O6S. The summed E-state index contributed by atoms with van der Waals surface area (Å²) in [5.41, 5.74) is 0. The molecule has 0 aliphatic rings. The third-order valence-electron chi connectivity index (χ3n) is 2.79. The van der Waals surface area contributed by atoms with E-state index < -0.39 is 16.4 Å². The number of aliphatic hydroxyl groups excluding tert-OH is 1. The molecule has 2 rings (SSSR count). The molecule has 2 aromatic rings. The molecule has 21 heavy (non-hydrogen) atoms. The van der Waals surface area contributed by atoms with Gasteiger partial charge >= 0.3 is 0 Å². The van der Waals surface area contributed by atoms with Crippen LogP contribution < -0.4 is 4.74 Å². The van der Waals surface area contributed by atoms with E-state index in [2.05, 4.69) is 0 Å². The Kier molecular flexibility index (Phi) is 4.79. The van der Waals surface area contributed by atoms with Gasteiger partial charge in [-0.3, -0.25) is 4.55 Å². The van der Waals surface area contributed by atoms with E-state index in [4.69, 9.17) is 19.1 Å². The smallest absolute Gasteiger partial charge is 0.294 e. The predicted octanol–water partition coefficient (Wildman–Crippen LogP) is 1.82. The minimum absolute atomic E-state index is 0.144. The maximum atomic E-state index is 11.1. The van der Waals surface area contributed by atoms with E-state index in [0.717, 1.165) is 5.39 Å². The second kappa shape index (κ2) is 6.40. The Labute approximate surface area is 122 Å². The Morgan fingerprint density at radius 3 is 2.43 bits per heavy atom. The van der Waals surface area contributed by atoms with Crippen molar-refractivity contribution < 1.29 is 27.6 Å². The molecular weight excluding hydrogens is 296 g/mol. The fraction of sp³-hybridized carbons (Fsp3) is 0.286. The lowest BCUT2D eigenvalue weighted by atomic mass is 10.1. The molecule has 6 nitrogen and oxygen atoms in total. The van der Waals surface area contributed by atoms with Crippen molar-refractivity contribution >= 4 is 20.9 Å². The van der Waals surface area contributed by atoms with Crippen LogP contribution in [0.3, 0.4) is 0 Å². The average Bonchev–Trinajstić information content (AvgIpc) is 2.41. The molecule has 0 aliphatic heterocycles. The molecule has 2 aromatic carbocycles. The van der Waals surface area contributed by atoms with Crippen molar-refractivity contribution in [3.63, 3.8) is 0 Å². The lowest BCUT2D eigenvalue weighted by molar-refractivity contribution is -0.0913. The number of fused-ring (bicyclic) bond motifs is 1. The van der Waals surface area contributed by atoms with Crippen molar-refractivity contribution in [3.05, 3.63) is 36.4 Å². The van der Waals surface area contributed by atoms with Gasteiger partial charge in [-0.05, 0) is 42.0 Å². The van der Waals surface area contributed by atoms with Gasteiger partial charge in [0.25, 0.3) is 10.1 Å². The van der Waals surface area contributed by atoms with Crippen molar-refractivity contribution in [3.8, 4) is 5.75 Å². The normalized spacial score (nSPS) is 13.3. The second-order valence-corrected chi connectivity index (χ2v) is 5.89. The predicted molar refractivity (Wildman–Crippen MR) is 76.9 cm³/mol. The maximum Gasteiger partial charge on any atom is 0.294 e. The fourth-order valence-corrected chi connectivity index (χ4v) is 2.35. The van der Waals surface area contributed by atoms with E-state index in [1.807, 2.05) is 0 Å². The molecule has 1 unspecified atom stereocenters. The van der Waals surface area contributed by atoms with Crippen LogP contribution in [-0.4, -0.2) is 37.6 Å². The van der Waals surface area contributed by atoms with Gasteiger partial charge in [0, 0.05) is 0 Å². The molecule has 0 saturated carbocycles. The largest absolute Gasteiger partial charge is 0.491 e. The van der Waals surface area contributed by atoms with E-state index in [0.29, 0.717) is 17.7 Å². The number of ether oxygens (including phenoxy) is 2. The van der Waals surface area contributed by atoms with Crippen molar-refractivity contribution in [2.75, 3.05) is 13.2 Å². The van der Waals surface area contributed by atoms with Crippen LogP contribution in [0.2, 0.25) is 0 Å². The first-order valence-corrected chi connectivity index (χ1v) is 7.74. The van der Waals surface area contributed by atoms with Gasteiger partial charge in [-0.2, -0.15) is 8.42 Å². The zero-order valence-electron chi connectivity index (χ0n) is 11.4. The summed E-state index contributed by atoms with van der Waals surface area (Å²) in [7, 11) is -4.20. The first kappa shape index (κ1) is 15.7. The molecule has 2 N–H and O–H groups in total. The Balaban J connectivity index is 2.12. The standard InChI is InChI=1S/C14H16O6S/c1-10(15)19-6-7-20-13-4-2-12-9-14(21(16,17)18)5-3-11(12)8-13/h2-5,8-10,15H,6-7H2,1H3,(H,16,17,18). The van der Waals surface area contributed by atoms with E-state index >= 15 is 0 Å². The summed E-state index contributed by atoms with van der Waals surface area (Å²) in [5, 5.41) is 10.4. The molecule has 114 valence electrons. The summed E-state index contributed by atoms with van der Waals surface area (Å²) in [5.74, 6) is 0.608. The van der Waals surface area contributed by atoms with Gasteiger partial charge in [0.1, 0.15) is 12.4 Å². The van der Waals surface area contributed by atoms with Gasteiger partial charge in [-0.1, -0.05) is 12.1 Å². The molecule has 0 bridgehead atoms. The molecule has 0 fully saturated rings. The van der Waals surface area contributed by atoms with Gasteiger partial charge in [-0.25, -0.2) is 0 Å². The van der Waals surface area contributed by atoms with Crippen LogP contribution in [0.1, 0.15) is 6.92 Å². The molecule has 0 amide bonds. The van der Waals surface area contributed by atoms with E-state index in [1.54, 1.807) is 24.3 Å². The maximum absolute atomic E-state index is 11.1. The minimum Gasteiger partial charge on any atom is -0.491 e. The summed E-state index contributed by atoms with van der Waals surface area (Å²) >= 11 is 0. The van der Waals surface area contributed by atoms with E-state index in [-0.39, 0.29) is 11.5 Å². The van der Waals surface area contributed by atoms with Crippen LogP contribution in [0.15, 0.2) is 41.3 Å². The van der Waals surface area contributed by atoms with Gasteiger partial charge in [-0.15, -0.1) is 0 Å². The topological polar surface area (TPSA) is 93.1 Å². The highest BCUT2D eigenvalue weighted by Gasteiger charge is 2.10. The lowest BCUT2D eigenvalue weighted by Gasteiger charge is -2.09. The molecule has 0 aliphatic carbocycles. The highest BCUT2D eigenvalue weighted by molar-refractivity contribution is 7.85. The molecule has 0 radical (unpaired) electrons. The first-order chi connectivity index (χ1) is 9.86. The summed E-state index contributed by atoms with van der Waals surface area (Å²) < 4.78 is 41.5. The minimum atomic E-state index is -4.20. The lowest BCUT2D eigenvalue weighted by Crippen LogP contribution is -2.13. The quantitative estimate of drug-likeness (QED) is 0.480. The Morgan fingerprint density at radius 1 is 1.10 bits per heavy atom. The summed E-state index contributed by atoms with van der Waals surface area (Å²) in [4.78, 5) is -0.144. The molecule has 0 saturated heterocycles. The van der Waals surface area contributed by atoms with Crippen LogP contribution in [0.5, 0.6) is 5.75 Å². The van der Waals surface area contributed by atoms with Gasteiger partial charge in [0.15, 0.2) is 6.29 Å². The first-order valence-electron chi connectivity index (χ1n) is 6.30. The third-order valence-corrected chi connectivity index (χ3v) is 3.64. The number of aliphatic hydroxyl groups is 1. The van der Waals surface area contributed by atoms with Crippen LogP contribution in [0.4, 0.5) is 0 Å². The molecule has 0 aromatic heterocycles. The average molecular weight is 312 g/mol. The molecule has 1 atom stereocenters. The van der Waals surface area contributed by atoms with Gasteiger partial charge in [0.2, 0.25) is 0 Å². The van der Waals surface area contributed by atoms with Gasteiger partial charge in [0.05, 0.1) is 11.5 Å². The number of benzene rings is 2. The summed E-state index contributed by atoms with van der Waals surface area (Å²) in [6.07, 6.45) is -0.830. The van der Waals surface area contributed by atoms with Crippen molar-refractivity contribution in [2.24, 2.45) is 0 Å². The Bertz CT molecular complexity index is 723. The zero-order valence-corrected chi connectivity index (χ0v) is 12.2. The number of rotatable bonds is 6. The molecule has 0 spiro atoms. The fourth-order valence-electron chi connectivity index (χ4n) is 1.83. The van der Waals surface area contributed by atoms with Crippen LogP contribution in [0, 0.1) is 0 Å². The molecule has 0 heterocycles. The van der Waals surface area contributed by atoms with Crippen LogP contribution in [0.25, 0.3) is 10.8 Å². The third kappa shape index (κ3) is 4.40. The van der Waals surface area contributed by atoms with E-state index in [1.165, 1.54) is 19.1 Å². The molecule has 7 heteroatoms. The number of hydrogen-bond donors (Lipinski definition) is 2. The monoisotopic (exact) mass is 312 g/mol. The second-order valence-electron chi connectivity index (χ2n) is 4.46. The van der Waals surface area contributed by atoms with Crippen LogP contribution >= 0.6 is 0 Å². The van der Waals surface area contributed by atoms with Crippen LogP contribution in [-0.2, 0) is 14.9 Å². The Hall–Kier alpha value is -1.67. The SMILES string of the molecule is CC(O)OCCOc1ccc2cc(S(=O)(=O)O)ccc2c1. The van der Waals surface area contributed by atoms with Crippen molar-refractivity contribution in [1.82, 2.24) is 0 Å². The highest BCUT2D eigenvalue weighted by atomic mass is 32.2. The number of hydrogen-bond acceptors (Lipinski definition) is 5.